The molecule has 0 saturated carbocycles. The Morgan fingerprint density at radius 3 is 2.76 bits per heavy atom. The third-order valence-electron chi connectivity index (χ3n) is 8.15. The number of rotatable bonds is 11. The smallest absolute Gasteiger partial charge is 0.223 e. The lowest BCUT2D eigenvalue weighted by atomic mass is 9.92. The molecule has 1 amide bonds. The van der Waals surface area contributed by atoms with Crippen LogP contribution in [0.2, 0.25) is 0 Å². The van der Waals surface area contributed by atoms with Crippen LogP contribution in [0.25, 0.3) is 0 Å². The number of nitriles is 1. The maximum absolute atomic E-state index is 12.3. The standard InChI is InChI=1S/C34H39N3O4S/c1-25(38)37-19-7-11-30-26(12-14-32(39-3)33(30)37)16-20-36(2)18-8-17-34(23-35,42-29-9-5-4-6-10-29)28-13-15-31-27(21-28)22-40-24-41-31/h4-6,9-10,12-15,21H,7-8,11,16-20,22,24H2,1-3H3. The van der Waals surface area contributed by atoms with Gasteiger partial charge in [0.1, 0.15) is 16.2 Å². The van der Waals surface area contributed by atoms with Crippen LogP contribution >= 0.6 is 11.8 Å². The molecule has 0 bridgehead atoms. The highest BCUT2D eigenvalue weighted by molar-refractivity contribution is 8.00. The Bertz CT molecular complexity index is 1440. The van der Waals surface area contributed by atoms with E-state index in [1.54, 1.807) is 25.8 Å². The van der Waals surface area contributed by atoms with Gasteiger partial charge in [-0.25, -0.2) is 0 Å². The van der Waals surface area contributed by atoms with Crippen molar-refractivity contribution in [2.75, 3.05) is 45.5 Å². The first-order valence-electron chi connectivity index (χ1n) is 14.6. The average molecular weight is 586 g/mol. The molecule has 5 rings (SSSR count). The fraction of sp³-hybridized carbons (Fsp3) is 0.412. The van der Waals surface area contributed by atoms with Crippen molar-refractivity contribution < 1.29 is 19.0 Å². The molecule has 7 nitrogen and oxygen atoms in total. The van der Waals surface area contributed by atoms with E-state index in [2.05, 4.69) is 42.3 Å². The number of nitrogens with zero attached hydrogens (tertiary/aromatic N) is 3. The topological polar surface area (TPSA) is 75.0 Å². The molecule has 2 heterocycles. The first kappa shape index (κ1) is 30.0. The Hall–Kier alpha value is -3.51. The molecular weight excluding hydrogens is 546 g/mol. The van der Waals surface area contributed by atoms with Crippen LogP contribution in [-0.4, -0.2) is 51.4 Å². The van der Waals surface area contributed by atoms with E-state index in [-0.39, 0.29) is 12.7 Å². The highest BCUT2D eigenvalue weighted by Crippen LogP contribution is 2.46. The number of hydrogen-bond acceptors (Lipinski definition) is 7. The summed E-state index contributed by atoms with van der Waals surface area (Å²) in [6.45, 7) is 4.86. The molecule has 2 aliphatic heterocycles. The quantitative estimate of drug-likeness (QED) is 0.244. The fourth-order valence-corrected chi connectivity index (χ4v) is 7.15. The molecule has 0 spiro atoms. The van der Waals surface area contributed by atoms with Crippen molar-refractivity contribution in [3.63, 3.8) is 0 Å². The number of likely N-dealkylation sites (N-methyl/N-ethyl adjacent to an activating group) is 1. The SMILES string of the molecule is COc1ccc(CCN(C)CCCC(C#N)(Sc2ccccc2)c2ccc3c(c2)COCO3)c2c1N(C(C)=O)CCC2. The van der Waals surface area contributed by atoms with Crippen LogP contribution in [0.1, 0.15) is 48.4 Å². The number of hydrogen-bond donors (Lipinski definition) is 0. The zero-order valence-electron chi connectivity index (χ0n) is 24.7. The maximum atomic E-state index is 12.3. The Morgan fingerprint density at radius 2 is 2.00 bits per heavy atom. The Kier molecular flexibility index (Phi) is 9.73. The molecule has 0 aromatic heterocycles. The van der Waals surface area contributed by atoms with Gasteiger partial charge in [-0.05, 0) is 92.7 Å². The van der Waals surface area contributed by atoms with Crippen molar-refractivity contribution in [2.24, 2.45) is 0 Å². The third-order valence-corrected chi connectivity index (χ3v) is 9.54. The molecule has 8 heteroatoms. The van der Waals surface area contributed by atoms with Gasteiger partial charge < -0.3 is 24.0 Å². The van der Waals surface area contributed by atoms with E-state index in [4.69, 9.17) is 14.2 Å². The number of carbonyl (C=O) groups excluding carboxylic acids is 1. The Morgan fingerprint density at radius 1 is 1.17 bits per heavy atom. The second-order valence-corrected chi connectivity index (χ2v) is 12.3. The highest BCUT2D eigenvalue weighted by Gasteiger charge is 2.35. The summed E-state index contributed by atoms with van der Waals surface area (Å²) in [5, 5.41) is 10.6. The third kappa shape index (κ3) is 6.59. The number of benzene rings is 3. The summed E-state index contributed by atoms with van der Waals surface area (Å²) < 4.78 is 16.0. The molecule has 0 N–H and O–H groups in total. The fourth-order valence-electron chi connectivity index (χ4n) is 5.92. The molecule has 0 aliphatic carbocycles. The van der Waals surface area contributed by atoms with E-state index >= 15 is 0 Å². The predicted octanol–water partition coefficient (Wildman–Crippen LogP) is 6.33. The van der Waals surface area contributed by atoms with E-state index in [1.165, 1.54) is 11.1 Å². The Labute approximate surface area is 253 Å². The van der Waals surface area contributed by atoms with Crippen molar-refractivity contribution in [3.8, 4) is 17.6 Å². The molecule has 0 radical (unpaired) electrons. The number of methoxy groups -OCH3 is 1. The zero-order valence-corrected chi connectivity index (χ0v) is 25.5. The van der Waals surface area contributed by atoms with Gasteiger partial charge in [-0.15, -0.1) is 0 Å². The molecule has 220 valence electrons. The van der Waals surface area contributed by atoms with E-state index in [1.807, 2.05) is 41.3 Å². The summed E-state index contributed by atoms with van der Waals surface area (Å²) in [5.41, 5.74) is 5.40. The van der Waals surface area contributed by atoms with Crippen LogP contribution in [0.15, 0.2) is 65.6 Å². The molecule has 1 atom stereocenters. The van der Waals surface area contributed by atoms with E-state index in [9.17, 15) is 10.1 Å². The molecule has 0 fully saturated rings. The second-order valence-electron chi connectivity index (χ2n) is 11.0. The summed E-state index contributed by atoms with van der Waals surface area (Å²) in [4.78, 5) is 17.6. The first-order valence-corrected chi connectivity index (χ1v) is 15.4. The summed E-state index contributed by atoms with van der Waals surface area (Å²) in [6, 6.07) is 23.1. The lowest BCUT2D eigenvalue weighted by Gasteiger charge is -2.32. The number of thioether (sulfide) groups is 1. The lowest BCUT2D eigenvalue weighted by molar-refractivity contribution is -0.116. The van der Waals surface area contributed by atoms with E-state index < -0.39 is 4.75 Å². The van der Waals surface area contributed by atoms with Crippen LogP contribution in [0.3, 0.4) is 0 Å². The minimum Gasteiger partial charge on any atom is -0.495 e. The summed E-state index contributed by atoms with van der Waals surface area (Å²) in [7, 11) is 3.81. The van der Waals surface area contributed by atoms with Gasteiger partial charge in [-0.2, -0.15) is 5.26 Å². The second kappa shape index (κ2) is 13.6. The predicted molar refractivity (Wildman–Crippen MR) is 166 cm³/mol. The summed E-state index contributed by atoms with van der Waals surface area (Å²) in [5.74, 6) is 1.64. The molecular formula is C34H39N3O4S. The van der Waals surface area contributed by atoms with Gasteiger partial charge >= 0.3 is 0 Å². The number of ether oxygens (including phenoxy) is 3. The van der Waals surface area contributed by atoms with Gasteiger partial charge in [0.15, 0.2) is 6.79 Å². The minimum absolute atomic E-state index is 0.0526. The minimum atomic E-state index is -0.736. The summed E-state index contributed by atoms with van der Waals surface area (Å²) in [6.07, 6.45) is 4.38. The van der Waals surface area contributed by atoms with Crippen molar-refractivity contribution in [1.29, 1.82) is 5.26 Å². The van der Waals surface area contributed by atoms with Crippen LogP contribution in [0.4, 0.5) is 5.69 Å². The van der Waals surface area contributed by atoms with Gasteiger partial charge in [0, 0.05) is 30.5 Å². The van der Waals surface area contributed by atoms with Crippen LogP contribution in [-0.2, 0) is 33.7 Å². The van der Waals surface area contributed by atoms with Crippen molar-refractivity contribution >= 4 is 23.4 Å². The Balaban J connectivity index is 1.28. The monoisotopic (exact) mass is 585 g/mol. The van der Waals surface area contributed by atoms with E-state index in [0.717, 1.165) is 78.5 Å². The number of fused-ring (bicyclic) bond motifs is 2. The highest BCUT2D eigenvalue weighted by atomic mass is 32.2. The van der Waals surface area contributed by atoms with Gasteiger partial charge in [0.2, 0.25) is 5.91 Å². The van der Waals surface area contributed by atoms with Gasteiger partial charge in [0.05, 0.1) is 25.5 Å². The number of amides is 1. The van der Waals surface area contributed by atoms with Crippen molar-refractivity contribution in [1.82, 2.24) is 4.90 Å². The summed E-state index contributed by atoms with van der Waals surface area (Å²) >= 11 is 1.62. The number of carbonyl (C=O) groups is 1. The van der Waals surface area contributed by atoms with Crippen molar-refractivity contribution in [3.05, 3.63) is 82.9 Å². The maximum Gasteiger partial charge on any atom is 0.223 e. The molecule has 2 aliphatic rings. The molecule has 42 heavy (non-hydrogen) atoms. The van der Waals surface area contributed by atoms with Crippen LogP contribution in [0, 0.1) is 11.3 Å². The van der Waals surface area contributed by atoms with Gasteiger partial charge in [-0.1, -0.05) is 42.1 Å². The molecule has 1 unspecified atom stereocenters. The van der Waals surface area contributed by atoms with Crippen molar-refractivity contribution in [2.45, 2.75) is 55.3 Å². The molecule has 3 aromatic rings. The van der Waals surface area contributed by atoms with Gasteiger partial charge in [-0.3, -0.25) is 4.79 Å². The average Bonchev–Trinajstić information content (AvgIpc) is 3.03. The van der Waals surface area contributed by atoms with E-state index in [0.29, 0.717) is 13.0 Å². The normalized spacial score (nSPS) is 15.6. The molecule has 3 aromatic carbocycles. The largest absolute Gasteiger partial charge is 0.495 e. The van der Waals surface area contributed by atoms with Gasteiger partial charge in [0.25, 0.3) is 0 Å². The molecule has 0 saturated heterocycles. The number of anilines is 1. The lowest BCUT2D eigenvalue weighted by Crippen LogP contribution is -2.34. The van der Waals surface area contributed by atoms with Crippen LogP contribution < -0.4 is 14.4 Å². The zero-order chi connectivity index (χ0) is 29.5. The first-order chi connectivity index (χ1) is 20.4. The van der Waals surface area contributed by atoms with Crippen LogP contribution in [0.5, 0.6) is 11.5 Å².